The first-order valence-electron chi connectivity index (χ1n) is 24.4. The Balaban J connectivity index is 1.36. The molecule has 0 radical (unpaired) electrons. The molecule has 9 aromatic carbocycles. The molecule has 0 atom stereocenters. The van der Waals surface area contributed by atoms with Crippen molar-refractivity contribution >= 4 is 34.0 Å². The van der Waals surface area contributed by atoms with E-state index in [9.17, 15) is 11.1 Å². The Labute approximate surface area is 412 Å². The molecule has 0 aromatic heterocycles. The standard InChI is InChI=1S/C66H63ClSi/c1-46-37-64(49(4)61(43-55-31-19-10-20-32-55)58(46)40-52-25-13-7-14-26-52)68(67,65-38-47(2)59(41-53-27-15-8-16-28-53)62(50(65)5)44-56-33-21-11-22-34-56)66-39-48(3)60(42-54-29-17-9-18-30-54)63(51(66)6)45-57-35-23-12-24-36-57/h7-39H,40-45H2,1-6H3. The summed E-state index contributed by atoms with van der Waals surface area (Å²) in [6.45, 7) is 14.2. The minimum Gasteiger partial charge on any atom is -0.149 e. The largest absolute Gasteiger partial charge is 0.248 e. The molecule has 9 rings (SSSR count). The second-order valence-corrected chi connectivity index (χ2v) is 23.7. The van der Waals surface area contributed by atoms with Crippen LogP contribution in [-0.2, 0) is 38.5 Å². The molecule has 0 spiro atoms. The highest BCUT2D eigenvalue weighted by Gasteiger charge is 2.44. The molecule has 0 heterocycles. The number of halogens is 1. The van der Waals surface area contributed by atoms with Gasteiger partial charge in [0.1, 0.15) is 0 Å². The first-order chi connectivity index (χ1) is 33.1. The average molecular weight is 920 g/mol. The normalized spacial score (nSPS) is 11.5. The molecule has 0 N–H and O–H groups in total. The fraction of sp³-hybridized carbons (Fsp3) is 0.182. The second-order valence-electron chi connectivity index (χ2n) is 19.1. The van der Waals surface area contributed by atoms with E-state index in [-0.39, 0.29) is 0 Å². The monoisotopic (exact) mass is 918 g/mol. The van der Waals surface area contributed by atoms with Gasteiger partial charge >= 0.3 is 0 Å². The van der Waals surface area contributed by atoms with E-state index in [2.05, 4.69) is 242 Å². The topological polar surface area (TPSA) is 0 Å². The summed E-state index contributed by atoms with van der Waals surface area (Å²) in [6.07, 6.45) is 5.12. The van der Waals surface area contributed by atoms with E-state index in [0.29, 0.717) is 0 Å². The van der Waals surface area contributed by atoms with Crippen molar-refractivity contribution in [1.82, 2.24) is 0 Å². The van der Waals surface area contributed by atoms with Gasteiger partial charge in [-0.05, 0) is 196 Å². The first-order valence-corrected chi connectivity index (χ1v) is 27.4. The van der Waals surface area contributed by atoms with Crippen molar-refractivity contribution < 1.29 is 0 Å². The Morgan fingerprint density at radius 1 is 0.265 bits per heavy atom. The second kappa shape index (κ2) is 20.8. The smallest absolute Gasteiger partial charge is 0.149 e. The third kappa shape index (κ3) is 9.88. The summed E-state index contributed by atoms with van der Waals surface area (Å²) in [4.78, 5) is 0. The molecule has 0 fully saturated rings. The van der Waals surface area contributed by atoms with Gasteiger partial charge in [-0.25, -0.2) is 0 Å². The predicted molar refractivity (Wildman–Crippen MR) is 294 cm³/mol. The zero-order valence-electron chi connectivity index (χ0n) is 40.7. The molecular formula is C66H63ClSi. The molecule has 0 nitrogen and oxygen atoms in total. The Bertz CT molecular complexity index is 2800. The molecular weight excluding hydrogens is 856 g/mol. The minimum absolute atomic E-state index is 0.839. The maximum atomic E-state index is 9.25. The number of hydrogen-bond acceptors (Lipinski definition) is 0. The maximum Gasteiger partial charge on any atom is 0.248 e. The van der Waals surface area contributed by atoms with Crippen LogP contribution in [0.15, 0.2) is 200 Å². The molecule has 0 bridgehead atoms. The number of rotatable bonds is 15. The summed E-state index contributed by atoms with van der Waals surface area (Å²) in [5.74, 6) is 0. The van der Waals surface area contributed by atoms with Crippen molar-refractivity contribution in [2.45, 2.75) is 80.1 Å². The van der Waals surface area contributed by atoms with Gasteiger partial charge in [-0.2, -0.15) is 0 Å². The van der Waals surface area contributed by atoms with E-state index in [1.807, 2.05) is 0 Å². The molecule has 0 amide bonds. The molecule has 2 heteroatoms. The van der Waals surface area contributed by atoms with Gasteiger partial charge in [0, 0.05) is 0 Å². The van der Waals surface area contributed by atoms with Gasteiger partial charge in [-0.1, -0.05) is 200 Å². The van der Waals surface area contributed by atoms with Gasteiger partial charge in [-0.3, -0.25) is 0 Å². The fourth-order valence-electron chi connectivity index (χ4n) is 10.9. The third-order valence-corrected chi connectivity index (χ3v) is 20.2. The van der Waals surface area contributed by atoms with E-state index in [4.69, 9.17) is 0 Å². The van der Waals surface area contributed by atoms with Gasteiger partial charge in [0.2, 0.25) is 7.38 Å². The zero-order valence-corrected chi connectivity index (χ0v) is 42.4. The summed E-state index contributed by atoms with van der Waals surface area (Å²) in [6, 6.07) is 73.6. The highest BCUT2D eigenvalue weighted by Crippen LogP contribution is 2.33. The van der Waals surface area contributed by atoms with Crippen LogP contribution >= 0.6 is 11.1 Å². The van der Waals surface area contributed by atoms with Crippen LogP contribution in [0, 0.1) is 41.5 Å². The lowest BCUT2D eigenvalue weighted by atomic mass is 9.88. The van der Waals surface area contributed by atoms with Crippen LogP contribution in [0.1, 0.15) is 100 Å². The highest BCUT2D eigenvalue weighted by atomic mass is 35.6. The van der Waals surface area contributed by atoms with E-state index in [1.165, 1.54) is 116 Å². The first kappa shape index (κ1) is 46.6. The molecule has 9 aromatic rings. The maximum absolute atomic E-state index is 9.25. The van der Waals surface area contributed by atoms with E-state index < -0.39 is 7.38 Å². The van der Waals surface area contributed by atoms with E-state index in [1.54, 1.807) is 0 Å². The van der Waals surface area contributed by atoms with Gasteiger partial charge < -0.3 is 0 Å². The van der Waals surface area contributed by atoms with Crippen molar-refractivity contribution in [1.29, 1.82) is 0 Å². The number of benzene rings is 9. The minimum atomic E-state index is -3.42. The number of aryl methyl sites for hydroxylation is 3. The zero-order chi connectivity index (χ0) is 47.2. The van der Waals surface area contributed by atoms with Crippen LogP contribution < -0.4 is 15.6 Å². The Morgan fingerprint density at radius 3 is 0.632 bits per heavy atom. The van der Waals surface area contributed by atoms with Crippen molar-refractivity contribution in [2.75, 3.05) is 0 Å². The summed E-state index contributed by atoms with van der Waals surface area (Å²) in [5, 5.41) is 3.90. The molecule has 0 aliphatic heterocycles. The van der Waals surface area contributed by atoms with Gasteiger partial charge in [0.25, 0.3) is 0 Å². The van der Waals surface area contributed by atoms with Crippen LogP contribution in [0.2, 0.25) is 0 Å². The highest BCUT2D eigenvalue weighted by molar-refractivity contribution is 7.40. The molecule has 338 valence electrons. The van der Waals surface area contributed by atoms with E-state index >= 15 is 0 Å². The fourth-order valence-corrected chi connectivity index (χ4v) is 16.8. The lowest BCUT2D eigenvalue weighted by Gasteiger charge is -2.36. The van der Waals surface area contributed by atoms with Crippen molar-refractivity contribution in [3.63, 3.8) is 0 Å². The Morgan fingerprint density at radius 2 is 0.441 bits per heavy atom. The molecule has 0 saturated heterocycles. The summed E-state index contributed by atoms with van der Waals surface area (Å²) in [7, 11) is -3.42. The summed E-state index contributed by atoms with van der Waals surface area (Å²) < 4.78 is 0. The molecule has 0 unspecified atom stereocenters. The Hall–Kier alpha value is -6.51. The molecule has 0 aliphatic rings. The SMILES string of the molecule is Cc1cc([Si](Cl)(c2cc(C)c(Cc3ccccc3)c(Cc3ccccc3)c2C)c2cc(C)c(Cc3ccccc3)c(Cc3ccccc3)c2C)c(C)c(Cc2ccccc2)c1Cc1ccccc1. The van der Waals surface area contributed by atoms with Gasteiger partial charge in [0.15, 0.2) is 0 Å². The molecule has 0 aliphatic carbocycles. The summed E-state index contributed by atoms with van der Waals surface area (Å²) >= 11 is 9.25. The van der Waals surface area contributed by atoms with Crippen LogP contribution in [0.5, 0.6) is 0 Å². The molecule has 68 heavy (non-hydrogen) atoms. The van der Waals surface area contributed by atoms with Gasteiger partial charge in [0.05, 0.1) is 0 Å². The van der Waals surface area contributed by atoms with Crippen molar-refractivity contribution in [3.05, 3.63) is 300 Å². The van der Waals surface area contributed by atoms with Crippen LogP contribution in [0.3, 0.4) is 0 Å². The van der Waals surface area contributed by atoms with E-state index in [0.717, 1.165) is 38.5 Å². The lowest BCUT2D eigenvalue weighted by molar-refractivity contribution is 1.05. The lowest BCUT2D eigenvalue weighted by Crippen LogP contribution is -2.66. The predicted octanol–water partition coefficient (Wildman–Crippen LogP) is 14.3. The van der Waals surface area contributed by atoms with Gasteiger partial charge in [-0.15, -0.1) is 11.1 Å². The average Bonchev–Trinajstić information content (AvgIpc) is 3.37. The quantitative estimate of drug-likeness (QED) is 0.0546. The van der Waals surface area contributed by atoms with Crippen molar-refractivity contribution in [3.8, 4) is 0 Å². The van der Waals surface area contributed by atoms with Crippen LogP contribution in [-0.4, -0.2) is 7.38 Å². The Kier molecular flexibility index (Phi) is 14.2. The molecule has 0 saturated carbocycles. The van der Waals surface area contributed by atoms with Crippen LogP contribution in [0.4, 0.5) is 0 Å². The summed E-state index contributed by atoms with van der Waals surface area (Å²) in [5.41, 5.74) is 24.2. The third-order valence-electron chi connectivity index (χ3n) is 14.6. The van der Waals surface area contributed by atoms with Crippen LogP contribution in [0.25, 0.3) is 0 Å². The van der Waals surface area contributed by atoms with Crippen molar-refractivity contribution in [2.24, 2.45) is 0 Å². The number of hydrogen-bond donors (Lipinski definition) is 0.